The molecule has 53 heavy (non-hydrogen) atoms. The van der Waals surface area contributed by atoms with E-state index in [0.29, 0.717) is 17.0 Å². The van der Waals surface area contributed by atoms with Crippen molar-refractivity contribution >= 4 is 23.1 Å². The van der Waals surface area contributed by atoms with Gasteiger partial charge in [0.2, 0.25) is 0 Å². The SMILES string of the molecule is CC(C)(C)OC(=O)N(c1ncnc2c1ncn2[C@@H]1O[C@H](COC(c2ccccc2)(c2ccccc2)c2ccccc2)[C@H]2OC(C)(C)O[C@H]21)C1CCCC1. The summed E-state index contributed by atoms with van der Waals surface area (Å²) >= 11 is 0. The number of carbonyl (C=O) groups is 1. The number of imidazole rings is 1. The van der Waals surface area contributed by atoms with Crippen LogP contribution in [0.25, 0.3) is 11.2 Å². The fraction of sp³-hybridized carbons (Fsp3) is 0.429. The summed E-state index contributed by atoms with van der Waals surface area (Å²) in [7, 11) is 0. The Kier molecular flexibility index (Phi) is 9.30. The van der Waals surface area contributed by atoms with Crippen LogP contribution in [0.4, 0.5) is 10.6 Å². The number of aromatic nitrogens is 4. The van der Waals surface area contributed by atoms with Gasteiger partial charge in [-0.25, -0.2) is 19.7 Å². The third kappa shape index (κ3) is 6.71. The van der Waals surface area contributed by atoms with Gasteiger partial charge in [0.25, 0.3) is 0 Å². The van der Waals surface area contributed by atoms with E-state index in [4.69, 9.17) is 28.7 Å². The second-order valence-electron chi connectivity index (χ2n) is 15.5. The highest BCUT2D eigenvalue weighted by atomic mass is 16.8. The summed E-state index contributed by atoms with van der Waals surface area (Å²) in [4.78, 5) is 29.5. The predicted molar refractivity (Wildman–Crippen MR) is 199 cm³/mol. The van der Waals surface area contributed by atoms with Gasteiger partial charge in [0.05, 0.1) is 12.9 Å². The van der Waals surface area contributed by atoms with Crippen LogP contribution < -0.4 is 4.90 Å². The van der Waals surface area contributed by atoms with Gasteiger partial charge in [0.1, 0.15) is 35.8 Å². The Morgan fingerprint density at radius 2 is 1.40 bits per heavy atom. The van der Waals surface area contributed by atoms with Gasteiger partial charge in [0, 0.05) is 6.04 Å². The standard InChI is InChI=1S/C42H47N5O6/c1-40(2,3)53-39(48)47(31-23-15-16-24-31)37-33-36(43-26-44-37)46(27-45-33)38-35-34(51-41(4,5)52-35)32(50-38)25-49-42(28-17-9-6-10-18-28,29-19-11-7-12-20-29)30-21-13-8-14-22-30/h6-14,17-22,26-27,31-32,34-35,38H,15-16,23-25H2,1-5H3/t32-,34-,35-,38-/m1/s1. The van der Waals surface area contributed by atoms with E-state index in [1.165, 1.54) is 6.33 Å². The lowest BCUT2D eigenvalue weighted by Crippen LogP contribution is -2.43. The molecular formula is C42H47N5O6. The summed E-state index contributed by atoms with van der Waals surface area (Å²) in [6.45, 7) is 9.61. The first kappa shape index (κ1) is 35.4. The molecule has 11 nitrogen and oxygen atoms in total. The van der Waals surface area contributed by atoms with E-state index in [-0.39, 0.29) is 12.6 Å². The molecule has 1 saturated carbocycles. The second kappa shape index (κ2) is 13.9. The first-order valence-electron chi connectivity index (χ1n) is 18.6. The number of fused-ring (bicyclic) bond motifs is 2. The molecule has 2 aromatic heterocycles. The van der Waals surface area contributed by atoms with Crippen molar-refractivity contribution in [2.45, 2.75) is 108 Å². The van der Waals surface area contributed by atoms with Gasteiger partial charge in [-0.3, -0.25) is 9.47 Å². The molecule has 276 valence electrons. The Bertz CT molecular complexity index is 1930. The summed E-state index contributed by atoms with van der Waals surface area (Å²) in [6, 6.07) is 30.8. The van der Waals surface area contributed by atoms with Crippen molar-refractivity contribution in [3.8, 4) is 0 Å². The summed E-state index contributed by atoms with van der Waals surface area (Å²) in [5, 5.41) is 0. The number of benzene rings is 3. The van der Waals surface area contributed by atoms with Crippen LogP contribution in [0, 0.1) is 0 Å². The van der Waals surface area contributed by atoms with E-state index in [9.17, 15) is 4.79 Å². The zero-order valence-electron chi connectivity index (χ0n) is 30.9. The molecule has 2 aliphatic heterocycles. The van der Waals surface area contributed by atoms with Crippen LogP contribution in [0.3, 0.4) is 0 Å². The average molecular weight is 718 g/mol. The largest absolute Gasteiger partial charge is 0.443 e. The van der Waals surface area contributed by atoms with Gasteiger partial charge >= 0.3 is 6.09 Å². The lowest BCUT2D eigenvalue weighted by Gasteiger charge is -2.37. The highest BCUT2D eigenvalue weighted by molar-refractivity contribution is 5.96. The Hall–Kier alpha value is -4.68. The number of ether oxygens (including phenoxy) is 5. The minimum Gasteiger partial charge on any atom is -0.443 e. The molecule has 1 aliphatic carbocycles. The summed E-state index contributed by atoms with van der Waals surface area (Å²) < 4.78 is 34.9. The normalized spacial score (nSPS) is 23.0. The van der Waals surface area contributed by atoms with Gasteiger partial charge < -0.3 is 23.7 Å². The third-order valence-corrected chi connectivity index (χ3v) is 10.3. The van der Waals surface area contributed by atoms with Crippen molar-refractivity contribution in [1.29, 1.82) is 0 Å². The van der Waals surface area contributed by atoms with Crippen LogP contribution in [-0.4, -0.2) is 68.0 Å². The fourth-order valence-electron chi connectivity index (χ4n) is 8.08. The molecule has 3 aromatic carbocycles. The van der Waals surface area contributed by atoms with E-state index in [1.807, 2.05) is 93.8 Å². The molecule has 0 unspecified atom stereocenters. The van der Waals surface area contributed by atoms with Gasteiger partial charge in [0.15, 0.2) is 29.0 Å². The quantitative estimate of drug-likeness (QED) is 0.140. The van der Waals surface area contributed by atoms with Crippen LogP contribution in [0.1, 0.15) is 83.2 Å². The predicted octanol–water partition coefficient (Wildman–Crippen LogP) is 7.94. The van der Waals surface area contributed by atoms with E-state index < -0.39 is 47.6 Å². The van der Waals surface area contributed by atoms with Crippen LogP contribution in [0.5, 0.6) is 0 Å². The molecule has 1 amide bonds. The molecule has 0 spiro atoms. The average Bonchev–Trinajstić information content (AvgIpc) is 3.95. The molecule has 4 heterocycles. The number of hydrogen-bond acceptors (Lipinski definition) is 9. The molecule has 8 rings (SSSR count). The number of hydrogen-bond donors (Lipinski definition) is 0. The maximum Gasteiger partial charge on any atom is 0.416 e. The fourth-order valence-corrected chi connectivity index (χ4v) is 8.08. The summed E-state index contributed by atoms with van der Waals surface area (Å²) in [5.74, 6) is -0.441. The molecule has 0 N–H and O–H groups in total. The number of anilines is 1. The molecule has 3 aliphatic rings. The monoisotopic (exact) mass is 717 g/mol. The Morgan fingerprint density at radius 3 is 1.96 bits per heavy atom. The molecule has 0 radical (unpaired) electrons. The van der Waals surface area contributed by atoms with Gasteiger partial charge in [-0.1, -0.05) is 104 Å². The molecule has 4 atom stereocenters. The van der Waals surface area contributed by atoms with Crippen molar-refractivity contribution < 1.29 is 28.5 Å². The van der Waals surface area contributed by atoms with Crippen LogP contribution in [0.2, 0.25) is 0 Å². The van der Waals surface area contributed by atoms with Gasteiger partial charge in [-0.05, 0) is 64.2 Å². The molecule has 11 heteroatoms. The first-order chi connectivity index (χ1) is 25.5. The minimum atomic E-state index is -0.940. The van der Waals surface area contributed by atoms with Crippen LogP contribution >= 0.6 is 0 Å². The lowest BCUT2D eigenvalue weighted by molar-refractivity contribution is -0.204. The minimum absolute atomic E-state index is 0.0479. The second-order valence-corrected chi connectivity index (χ2v) is 15.5. The van der Waals surface area contributed by atoms with Gasteiger partial charge in [-0.2, -0.15) is 0 Å². The maximum atomic E-state index is 13.7. The van der Waals surface area contributed by atoms with E-state index in [1.54, 1.807) is 11.2 Å². The number of rotatable bonds is 9. The Balaban J connectivity index is 1.15. The molecule has 2 saturated heterocycles. The Morgan fingerprint density at radius 1 is 0.830 bits per heavy atom. The molecule has 3 fully saturated rings. The maximum absolute atomic E-state index is 13.7. The first-order valence-corrected chi connectivity index (χ1v) is 18.6. The zero-order chi connectivity index (χ0) is 36.8. The molecule has 5 aromatic rings. The topological polar surface area (TPSA) is 110 Å². The molecule has 0 bridgehead atoms. The van der Waals surface area contributed by atoms with E-state index >= 15 is 0 Å². The van der Waals surface area contributed by atoms with Gasteiger partial charge in [-0.15, -0.1) is 0 Å². The number of nitrogens with zero attached hydrogens (tertiary/aromatic N) is 5. The van der Waals surface area contributed by atoms with E-state index in [0.717, 1.165) is 42.4 Å². The number of amides is 1. The summed E-state index contributed by atoms with van der Waals surface area (Å²) in [5.41, 5.74) is 2.38. The third-order valence-electron chi connectivity index (χ3n) is 10.3. The van der Waals surface area contributed by atoms with Crippen molar-refractivity contribution in [3.63, 3.8) is 0 Å². The van der Waals surface area contributed by atoms with Crippen LogP contribution in [0.15, 0.2) is 104 Å². The van der Waals surface area contributed by atoms with Crippen molar-refractivity contribution in [1.82, 2.24) is 19.5 Å². The lowest BCUT2D eigenvalue weighted by atomic mass is 9.80. The number of carbonyl (C=O) groups excluding carboxylic acids is 1. The summed E-state index contributed by atoms with van der Waals surface area (Å²) in [6.07, 6.45) is 4.38. The zero-order valence-corrected chi connectivity index (χ0v) is 30.9. The van der Waals surface area contributed by atoms with Crippen molar-refractivity contribution in [2.24, 2.45) is 0 Å². The highest BCUT2D eigenvalue weighted by Gasteiger charge is 2.57. The van der Waals surface area contributed by atoms with Crippen molar-refractivity contribution in [2.75, 3.05) is 11.5 Å². The van der Waals surface area contributed by atoms with Crippen LogP contribution in [-0.2, 0) is 29.3 Å². The highest BCUT2D eigenvalue weighted by Crippen LogP contribution is 2.46. The smallest absolute Gasteiger partial charge is 0.416 e. The Labute approximate surface area is 310 Å². The molecular weight excluding hydrogens is 670 g/mol. The van der Waals surface area contributed by atoms with Crippen molar-refractivity contribution in [3.05, 3.63) is 120 Å². The van der Waals surface area contributed by atoms with E-state index in [2.05, 4.69) is 46.4 Å².